The monoisotopic (exact) mass is 410 g/mol. The van der Waals surface area contributed by atoms with Crippen molar-refractivity contribution >= 4 is 52.6 Å². The Morgan fingerprint density at radius 3 is 2.37 bits per heavy atom. The second kappa shape index (κ2) is 8.10. The lowest BCUT2D eigenvalue weighted by Crippen LogP contribution is -2.37. The molecule has 0 spiro atoms. The molecule has 1 aliphatic carbocycles. The molecule has 3 rings (SSSR count). The first-order chi connectivity index (χ1) is 12.9. The van der Waals surface area contributed by atoms with E-state index in [1.165, 1.54) is 12.1 Å². The van der Waals surface area contributed by atoms with Crippen LogP contribution in [0.15, 0.2) is 30.4 Å². The third-order valence-electron chi connectivity index (χ3n) is 4.45. The first-order valence-electron chi connectivity index (χ1n) is 8.27. The van der Waals surface area contributed by atoms with Crippen LogP contribution >= 0.6 is 23.2 Å². The lowest BCUT2D eigenvalue weighted by Gasteiger charge is -2.14. The van der Waals surface area contributed by atoms with Crippen LogP contribution in [0.5, 0.6) is 0 Å². The van der Waals surface area contributed by atoms with Crippen molar-refractivity contribution in [2.75, 3.05) is 18.5 Å². The fourth-order valence-electron chi connectivity index (χ4n) is 3.13. The Morgan fingerprint density at radius 1 is 1.11 bits per heavy atom. The quantitative estimate of drug-likeness (QED) is 0.457. The number of benzene rings is 1. The first-order valence-corrected chi connectivity index (χ1v) is 9.03. The fraction of sp³-hybridized carbons (Fsp3) is 0.333. The van der Waals surface area contributed by atoms with Crippen LogP contribution in [0.3, 0.4) is 0 Å². The number of allylic oxidation sites excluding steroid dienone is 2. The van der Waals surface area contributed by atoms with E-state index in [4.69, 9.17) is 27.9 Å². The van der Waals surface area contributed by atoms with Gasteiger partial charge < -0.3 is 10.1 Å². The largest absolute Gasteiger partial charge is 0.454 e. The molecule has 7 nitrogen and oxygen atoms in total. The maximum absolute atomic E-state index is 12.3. The van der Waals surface area contributed by atoms with Crippen molar-refractivity contribution in [1.29, 1.82) is 0 Å². The Morgan fingerprint density at radius 2 is 1.74 bits per heavy atom. The van der Waals surface area contributed by atoms with Gasteiger partial charge in [-0.1, -0.05) is 35.4 Å². The lowest BCUT2D eigenvalue weighted by molar-refractivity contribution is -0.154. The summed E-state index contributed by atoms with van der Waals surface area (Å²) in [4.78, 5) is 49.4. The highest BCUT2D eigenvalue weighted by molar-refractivity contribution is 6.35. The number of amides is 3. The standard InChI is InChI=1S/C18H16Cl2N2O5/c19-10-5-6-13(20)14(7-10)21-15(23)9-27-16(24)8-22-17(25)11-3-1-2-4-12(11)18(22)26/h1-2,5-7,11-12H,3-4,8-9H2,(H,21,23)/t11-,12-/m1/s1. The van der Waals surface area contributed by atoms with E-state index in [1.54, 1.807) is 6.07 Å². The third kappa shape index (κ3) is 4.31. The summed E-state index contributed by atoms with van der Waals surface area (Å²) in [5, 5.41) is 3.13. The molecule has 1 saturated heterocycles. The van der Waals surface area contributed by atoms with Crippen molar-refractivity contribution in [2.24, 2.45) is 11.8 Å². The number of rotatable bonds is 5. The van der Waals surface area contributed by atoms with Crippen LogP contribution in [-0.2, 0) is 23.9 Å². The second-order valence-electron chi connectivity index (χ2n) is 6.25. The van der Waals surface area contributed by atoms with Crippen LogP contribution in [0.1, 0.15) is 12.8 Å². The average molecular weight is 411 g/mol. The minimum absolute atomic E-state index is 0.281. The van der Waals surface area contributed by atoms with E-state index in [0.29, 0.717) is 17.9 Å². The van der Waals surface area contributed by atoms with Crippen molar-refractivity contribution in [2.45, 2.75) is 12.8 Å². The van der Waals surface area contributed by atoms with E-state index in [2.05, 4.69) is 5.32 Å². The van der Waals surface area contributed by atoms with Crippen LogP contribution in [0.2, 0.25) is 10.0 Å². The summed E-state index contributed by atoms with van der Waals surface area (Å²) in [6.07, 6.45) is 4.70. The molecule has 1 fully saturated rings. The molecular formula is C18H16Cl2N2O5. The summed E-state index contributed by atoms with van der Waals surface area (Å²) in [5.74, 6) is -3.03. The summed E-state index contributed by atoms with van der Waals surface area (Å²) in [6, 6.07) is 4.54. The van der Waals surface area contributed by atoms with Gasteiger partial charge in [-0.2, -0.15) is 0 Å². The summed E-state index contributed by atoms with van der Waals surface area (Å²) in [7, 11) is 0. The van der Waals surface area contributed by atoms with Gasteiger partial charge in [-0.15, -0.1) is 0 Å². The smallest absolute Gasteiger partial charge is 0.326 e. The molecule has 0 saturated carbocycles. The van der Waals surface area contributed by atoms with Gasteiger partial charge in [0.2, 0.25) is 11.8 Å². The van der Waals surface area contributed by atoms with Crippen molar-refractivity contribution < 1.29 is 23.9 Å². The van der Waals surface area contributed by atoms with Crippen molar-refractivity contribution in [3.8, 4) is 0 Å². The van der Waals surface area contributed by atoms with Crippen molar-refractivity contribution in [3.05, 3.63) is 40.4 Å². The highest BCUT2D eigenvalue weighted by Crippen LogP contribution is 2.34. The number of anilines is 1. The molecule has 9 heteroatoms. The summed E-state index contributed by atoms with van der Waals surface area (Å²) in [5.41, 5.74) is 0.284. The van der Waals surface area contributed by atoms with E-state index in [-0.39, 0.29) is 22.5 Å². The predicted molar refractivity (Wildman–Crippen MR) is 98.1 cm³/mol. The summed E-state index contributed by atoms with van der Waals surface area (Å²) in [6.45, 7) is -1.08. The Balaban J connectivity index is 1.51. The number of likely N-dealkylation sites (tertiary alicyclic amines) is 1. The van der Waals surface area contributed by atoms with Gasteiger partial charge in [-0.05, 0) is 31.0 Å². The molecule has 2 atom stereocenters. The molecule has 0 bridgehead atoms. The number of carbonyl (C=O) groups excluding carboxylic acids is 4. The normalized spacial score (nSPS) is 21.2. The molecule has 2 aliphatic rings. The van der Waals surface area contributed by atoms with Gasteiger partial charge in [-0.25, -0.2) is 0 Å². The number of esters is 1. The number of nitrogens with zero attached hydrogens (tertiary/aromatic N) is 1. The Labute approximate surface area is 165 Å². The molecule has 0 aromatic heterocycles. The number of fused-ring (bicyclic) bond motifs is 1. The number of hydrogen-bond donors (Lipinski definition) is 1. The maximum atomic E-state index is 12.3. The van der Waals surface area contributed by atoms with Gasteiger partial charge in [0.1, 0.15) is 6.54 Å². The number of nitrogens with one attached hydrogen (secondary N) is 1. The zero-order valence-corrected chi connectivity index (χ0v) is 15.6. The van der Waals surface area contributed by atoms with Crippen molar-refractivity contribution in [1.82, 2.24) is 4.90 Å². The van der Waals surface area contributed by atoms with Crippen LogP contribution in [-0.4, -0.2) is 41.7 Å². The average Bonchev–Trinajstić information content (AvgIpc) is 2.88. The predicted octanol–water partition coefficient (Wildman–Crippen LogP) is 2.43. The molecule has 1 aromatic rings. The minimum atomic E-state index is -0.837. The summed E-state index contributed by atoms with van der Waals surface area (Å²) < 4.78 is 4.87. The molecule has 0 unspecified atom stereocenters. The lowest BCUT2D eigenvalue weighted by atomic mass is 9.85. The number of hydrogen-bond acceptors (Lipinski definition) is 5. The highest BCUT2D eigenvalue weighted by atomic mass is 35.5. The van der Waals surface area contributed by atoms with Crippen LogP contribution in [0, 0.1) is 11.8 Å². The number of imide groups is 1. The van der Waals surface area contributed by atoms with E-state index < -0.39 is 36.9 Å². The Bertz CT molecular complexity index is 813. The van der Waals surface area contributed by atoms with E-state index in [0.717, 1.165) is 4.90 Å². The van der Waals surface area contributed by atoms with Crippen LogP contribution in [0.25, 0.3) is 0 Å². The highest BCUT2D eigenvalue weighted by Gasteiger charge is 2.47. The minimum Gasteiger partial charge on any atom is -0.454 e. The molecule has 1 aliphatic heterocycles. The third-order valence-corrected chi connectivity index (χ3v) is 5.02. The number of carbonyl (C=O) groups is 4. The number of halogens is 2. The van der Waals surface area contributed by atoms with Crippen LogP contribution in [0.4, 0.5) is 5.69 Å². The second-order valence-corrected chi connectivity index (χ2v) is 7.10. The van der Waals surface area contributed by atoms with E-state index in [1.807, 2.05) is 12.2 Å². The molecule has 0 radical (unpaired) electrons. The zero-order valence-electron chi connectivity index (χ0n) is 14.1. The van der Waals surface area contributed by atoms with E-state index in [9.17, 15) is 19.2 Å². The molecule has 1 aromatic carbocycles. The van der Waals surface area contributed by atoms with Crippen LogP contribution < -0.4 is 5.32 Å². The molecule has 142 valence electrons. The van der Waals surface area contributed by atoms with Gasteiger partial charge in [0.25, 0.3) is 5.91 Å². The van der Waals surface area contributed by atoms with Gasteiger partial charge in [0.05, 0.1) is 22.5 Å². The topological polar surface area (TPSA) is 92.8 Å². The Hall–Kier alpha value is -2.38. The number of ether oxygens (including phenoxy) is 1. The van der Waals surface area contributed by atoms with Gasteiger partial charge in [-0.3, -0.25) is 24.1 Å². The molecule has 1 heterocycles. The maximum Gasteiger partial charge on any atom is 0.326 e. The summed E-state index contributed by atoms with van der Waals surface area (Å²) >= 11 is 11.8. The van der Waals surface area contributed by atoms with Gasteiger partial charge in [0.15, 0.2) is 6.61 Å². The Kier molecular flexibility index (Phi) is 5.82. The zero-order chi connectivity index (χ0) is 19.6. The SMILES string of the molecule is O=C(COC(=O)CN1C(=O)[C@@H]2CC=CC[C@H]2C1=O)Nc1cc(Cl)ccc1Cl. The van der Waals surface area contributed by atoms with E-state index >= 15 is 0 Å². The van der Waals surface area contributed by atoms with Crippen molar-refractivity contribution in [3.63, 3.8) is 0 Å². The molecule has 3 amide bonds. The molecular weight excluding hydrogens is 395 g/mol. The first kappa shape index (κ1) is 19.4. The molecule has 1 N–H and O–H groups in total. The fourth-order valence-corrected chi connectivity index (χ4v) is 3.46. The molecule has 27 heavy (non-hydrogen) atoms. The van der Waals surface area contributed by atoms with Gasteiger partial charge in [0, 0.05) is 5.02 Å². The van der Waals surface area contributed by atoms with Gasteiger partial charge >= 0.3 is 5.97 Å².